The van der Waals surface area contributed by atoms with Crippen LogP contribution >= 0.6 is 0 Å². The SMILES string of the molecule is Cc1cc2cc(C(C)(C)C(=O)O)n(CC(O)CO)c2cc1C. The van der Waals surface area contributed by atoms with Crippen LogP contribution < -0.4 is 0 Å². The highest BCUT2D eigenvalue weighted by Gasteiger charge is 2.33. The smallest absolute Gasteiger partial charge is 0.315 e. The van der Waals surface area contributed by atoms with E-state index in [0.29, 0.717) is 5.69 Å². The second-order valence-corrected chi connectivity index (χ2v) is 6.40. The molecule has 0 aliphatic carbocycles. The molecule has 0 saturated carbocycles. The van der Waals surface area contributed by atoms with Crippen molar-refractivity contribution in [2.45, 2.75) is 45.8 Å². The van der Waals surface area contributed by atoms with E-state index in [1.165, 1.54) is 0 Å². The van der Waals surface area contributed by atoms with Gasteiger partial charge in [-0.05, 0) is 57.0 Å². The molecule has 0 radical (unpaired) electrons. The quantitative estimate of drug-likeness (QED) is 0.789. The summed E-state index contributed by atoms with van der Waals surface area (Å²) in [6, 6.07) is 5.88. The van der Waals surface area contributed by atoms with Crippen molar-refractivity contribution >= 4 is 16.9 Å². The van der Waals surface area contributed by atoms with Gasteiger partial charge in [-0.25, -0.2) is 0 Å². The van der Waals surface area contributed by atoms with Crippen LogP contribution in [0.3, 0.4) is 0 Å². The zero-order valence-electron chi connectivity index (χ0n) is 13.4. The third-order valence-corrected chi connectivity index (χ3v) is 4.30. The fourth-order valence-electron chi connectivity index (χ4n) is 2.62. The topological polar surface area (TPSA) is 82.7 Å². The van der Waals surface area contributed by atoms with Crippen molar-refractivity contribution in [3.8, 4) is 0 Å². The van der Waals surface area contributed by atoms with Crippen molar-refractivity contribution in [1.82, 2.24) is 4.57 Å². The Morgan fingerprint density at radius 2 is 1.82 bits per heavy atom. The van der Waals surface area contributed by atoms with Crippen molar-refractivity contribution in [1.29, 1.82) is 0 Å². The molecule has 1 aromatic heterocycles. The monoisotopic (exact) mass is 305 g/mol. The second kappa shape index (κ2) is 5.74. The zero-order chi connectivity index (χ0) is 16.7. The summed E-state index contributed by atoms with van der Waals surface area (Å²) in [5.41, 5.74) is 2.64. The van der Waals surface area contributed by atoms with Gasteiger partial charge in [0, 0.05) is 16.6 Å². The fourth-order valence-corrected chi connectivity index (χ4v) is 2.62. The Hall–Kier alpha value is -1.85. The van der Waals surface area contributed by atoms with E-state index in [1.54, 1.807) is 18.4 Å². The Bertz CT molecular complexity index is 715. The van der Waals surface area contributed by atoms with Gasteiger partial charge in [-0.15, -0.1) is 0 Å². The van der Waals surface area contributed by atoms with Gasteiger partial charge in [0.25, 0.3) is 0 Å². The van der Waals surface area contributed by atoms with Gasteiger partial charge in [-0.1, -0.05) is 0 Å². The highest BCUT2D eigenvalue weighted by Crippen LogP contribution is 2.32. The van der Waals surface area contributed by atoms with Gasteiger partial charge in [-0.3, -0.25) is 4.79 Å². The Labute approximate surface area is 129 Å². The van der Waals surface area contributed by atoms with E-state index in [-0.39, 0.29) is 13.2 Å². The summed E-state index contributed by atoms with van der Waals surface area (Å²) in [6.45, 7) is 7.09. The van der Waals surface area contributed by atoms with Gasteiger partial charge in [0.2, 0.25) is 0 Å². The molecule has 1 unspecified atom stereocenters. The minimum Gasteiger partial charge on any atom is -0.481 e. The van der Waals surface area contributed by atoms with E-state index < -0.39 is 17.5 Å². The molecule has 0 aliphatic heterocycles. The van der Waals surface area contributed by atoms with Crippen LogP contribution in [0.1, 0.15) is 30.7 Å². The van der Waals surface area contributed by atoms with Gasteiger partial charge in [0.1, 0.15) is 5.41 Å². The molecule has 5 nitrogen and oxygen atoms in total. The van der Waals surface area contributed by atoms with Gasteiger partial charge in [0.05, 0.1) is 19.3 Å². The fraction of sp³-hybridized carbons (Fsp3) is 0.471. The van der Waals surface area contributed by atoms with Crippen LogP contribution in [-0.2, 0) is 16.8 Å². The van der Waals surface area contributed by atoms with Crippen LogP contribution in [0.15, 0.2) is 18.2 Å². The molecule has 0 aliphatic rings. The Morgan fingerprint density at radius 3 is 2.36 bits per heavy atom. The molecule has 0 spiro atoms. The zero-order valence-corrected chi connectivity index (χ0v) is 13.4. The number of hydrogen-bond acceptors (Lipinski definition) is 3. The molecule has 22 heavy (non-hydrogen) atoms. The number of aromatic nitrogens is 1. The van der Waals surface area contributed by atoms with Crippen LogP contribution in [-0.4, -0.2) is 38.6 Å². The lowest BCUT2D eigenvalue weighted by molar-refractivity contribution is -0.142. The summed E-state index contributed by atoms with van der Waals surface area (Å²) >= 11 is 0. The minimum atomic E-state index is -1.09. The number of aliphatic hydroxyl groups excluding tert-OH is 2. The average Bonchev–Trinajstić information content (AvgIpc) is 2.78. The number of carbonyl (C=O) groups is 1. The van der Waals surface area contributed by atoms with Crippen molar-refractivity contribution in [2.24, 2.45) is 0 Å². The maximum absolute atomic E-state index is 11.6. The first-order chi connectivity index (χ1) is 10.2. The number of rotatable bonds is 5. The number of carboxylic acid groups (broad SMARTS) is 1. The second-order valence-electron chi connectivity index (χ2n) is 6.40. The molecule has 2 aromatic rings. The molecule has 0 saturated heterocycles. The van der Waals surface area contributed by atoms with Crippen LogP contribution in [0.4, 0.5) is 0 Å². The van der Waals surface area contributed by atoms with E-state index in [2.05, 4.69) is 0 Å². The number of carboxylic acids is 1. The Balaban J connectivity index is 2.73. The maximum atomic E-state index is 11.6. The lowest BCUT2D eigenvalue weighted by Gasteiger charge is -2.23. The molecule has 0 bridgehead atoms. The molecule has 0 amide bonds. The summed E-state index contributed by atoms with van der Waals surface area (Å²) in [4.78, 5) is 11.6. The first-order valence-electron chi connectivity index (χ1n) is 7.31. The number of aliphatic hydroxyl groups is 2. The van der Waals surface area contributed by atoms with Crippen LogP contribution in [0, 0.1) is 13.8 Å². The number of aryl methyl sites for hydroxylation is 2. The number of benzene rings is 1. The van der Waals surface area contributed by atoms with E-state index in [1.807, 2.05) is 32.0 Å². The largest absolute Gasteiger partial charge is 0.481 e. The number of aliphatic carboxylic acids is 1. The van der Waals surface area contributed by atoms with Crippen molar-refractivity contribution in [3.05, 3.63) is 35.0 Å². The molecule has 1 aromatic carbocycles. The number of fused-ring (bicyclic) bond motifs is 1. The molecular weight excluding hydrogens is 282 g/mol. The first-order valence-corrected chi connectivity index (χ1v) is 7.31. The molecule has 3 N–H and O–H groups in total. The molecular formula is C17H23NO4. The Kier molecular flexibility index (Phi) is 4.31. The number of hydrogen-bond donors (Lipinski definition) is 3. The standard InChI is InChI=1S/C17H23NO4/c1-10-5-12-7-15(17(3,4)16(21)22)18(8-13(20)9-19)14(12)6-11(10)2/h5-7,13,19-20H,8-9H2,1-4H3,(H,21,22). The summed E-state index contributed by atoms with van der Waals surface area (Å²) in [5, 5.41) is 29.4. The third-order valence-electron chi connectivity index (χ3n) is 4.30. The van der Waals surface area contributed by atoms with Crippen LogP contribution in [0.5, 0.6) is 0 Å². The van der Waals surface area contributed by atoms with E-state index in [0.717, 1.165) is 22.0 Å². The highest BCUT2D eigenvalue weighted by atomic mass is 16.4. The first kappa shape index (κ1) is 16.5. The normalized spacial score (nSPS) is 13.5. The van der Waals surface area contributed by atoms with Crippen molar-refractivity contribution < 1.29 is 20.1 Å². The van der Waals surface area contributed by atoms with E-state index in [4.69, 9.17) is 5.11 Å². The summed E-state index contributed by atoms with van der Waals surface area (Å²) in [6.07, 6.45) is -0.930. The highest BCUT2D eigenvalue weighted by molar-refractivity contribution is 5.87. The van der Waals surface area contributed by atoms with Gasteiger partial charge < -0.3 is 19.9 Å². The molecule has 5 heteroatoms. The lowest BCUT2D eigenvalue weighted by Crippen LogP contribution is -2.33. The van der Waals surface area contributed by atoms with E-state index >= 15 is 0 Å². The molecule has 1 atom stereocenters. The third kappa shape index (κ3) is 2.74. The predicted molar refractivity (Wildman–Crippen MR) is 85.2 cm³/mol. The van der Waals surface area contributed by atoms with Crippen molar-refractivity contribution in [3.63, 3.8) is 0 Å². The molecule has 120 valence electrons. The number of nitrogens with zero attached hydrogens (tertiary/aromatic N) is 1. The Morgan fingerprint density at radius 1 is 1.23 bits per heavy atom. The van der Waals surface area contributed by atoms with Crippen LogP contribution in [0.2, 0.25) is 0 Å². The summed E-state index contributed by atoms with van der Waals surface area (Å²) in [5.74, 6) is -0.927. The van der Waals surface area contributed by atoms with Gasteiger partial charge in [0.15, 0.2) is 0 Å². The molecule has 0 fully saturated rings. The lowest BCUT2D eigenvalue weighted by atomic mass is 9.89. The molecule has 2 rings (SSSR count). The predicted octanol–water partition coefficient (Wildman–Crippen LogP) is 1.97. The summed E-state index contributed by atoms with van der Waals surface area (Å²) in [7, 11) is 0. The van der Waals surface area contributed by atoms with E-state index in [9.17, 15) is 15.0 Å². The minimum absolute atomic E-state index is 0.161. The van der Waals surface area contributed by atoms with Crippen LogP contribution in [0.25, 0.3) is 10.9 Å². The summed E-state index contributed by atoms with van der Waals surface area (Å²) < 4.78 is 1.80. The van der Waals surface area contributed by atoms with Crippen molar-refractivity contribution in [2.75, 3.05) is 6.61 Å². The van der Waals surface area contributed by atoms with Gasteiger partial charge >= 0.3 is 5.97 Å². The maximum Gasteiger partial charge on any atom is 0.315 e. The van der Waals surface area contributed by atoms with Gasteiger partial charge in [-0.2, -0.15) is 0 Å². The molecule has 1 heterocycles. The average molecular weight is 305 g/mol.